The number of ether oxygens (including phenoxy) is 2. The van der Waals surface area contributed by atoms with Gasteiger partial charge in [-0.25, -0.2) is 4.39 Å². The summed E-state index contributed by atoms with van der Waals surface area (Å²) in [5.74, 6) is -0.160. The molecule has 1 aliphatic heterocycles. The van der Waals surface area contributed by atoms with Crippen LogP contribution < -0.4 is 4.74 Å². The fraction of sp³-hybridized carbons (Fsp3) is 0.571. The molecule has 2 atom stereocenters. The summed E-state index contributed by atoms with van der Waals surface area (Å²) in [5, 5.41) is 9.95. The lowest BCUT2D eigenvalue weighted by atomic mass is 10.0. The molecule has 0 aromatic heterocycles. The first kappa shape index (κ1) is 13.3. The first-order valence-electron chi connectivity index (χ1n) is 6.31. The summed E-state index contributed by atoms with van der Waals surface area (Å²) in [6, 6.07) is 4.78. The van der Waals surface area contributed by atoms with Gasteiger partial charge in [-0.3, -0.25) is 0 Å². The maximum Gasteiger partial charge on any atom is 0.165 e. The van der Waals surface area contributed by atoms with E-state index in [1.807, 2.05) is 0 Å². The second kappa shape index (κ2) is 6.16. The van der Waals surface area contributed by atoms with Crippen molar-refractivity contribution in [3.8, 4) is 5.75 Å². The molecule has 4 heteroatoms. The van der Waals surface area contributed by atoms with Gasteiger partial charge in [-0.2, -0.15) is 0 Å². The summed E-state index contributed by atoms with van der Waals surface area (Å²) in [5.41, 5.74) is 0.777. The lowest BCUT2D eigenvalue weighted by molar-refractivity contribution is 0.0540. The molecule has 1 N–H and O–H groups in total. The highest BCUT2D eigenvalue weighted by atomic mass is 19.1. The number of aliphatic hydroxyl groups excluding tert-OH is 1. The Hall–Kier alpha value is -1.13. The molecule has 2 unspecified atom stereocenters. The standard InChI is InChI=1S/C14H19FO3/c1-17-14-5-4-10(8-13(14)15)7-11(16)9-12-3-2-6-18-12/h4-5,8,11-12,16H,2-3,6-7,9H2,1H3. The number of methoxy groups -OCH3 is 1. The highest BCUT2D eigenvalue weighted by Crippen LogP contribution is 2.21. The number of rotatable bonds is 5. The van der Waals surface area contributed by atoms with Crippen LogP contribution in [0.4, 0.5) is 4.39 Å². The zero-order valence-corrected chi connectivity index (χ0v) is 10.6. The Morgan fingerprint density at radius 2 is 2.39 bits per heavy atom. The van der Waals surface area contributed by atoms with Gasteiger partial charge in [0.05, 0.1) is 19.3 Å². The van der Waals surface area contributed by atoms with Crippen molar-refractivity contribution in [2.75, 3.05) is 13.7 Å². The second-order valence-electron chi connectivity index (χ2n) is 4.70. The van der Waals surface area contributed by atoms with Gasteiger partial charge in [-0.05, 0) is 43.4 Å². The predicted octanol–water partition coefficient (Wildman–Crippen LogP) is 2.31. The third-order valence-corrected chi connectivity index (χ3v) is 3.25. The third-order valence-electron chi connectivity index (χ3n) is 3.25. The summed E-state index contributed by atoms with van der Waals surface area (Å²) >= 11 is 0. The highest BCUT2D eigenvalue weighted by molar-refractivity contribution is 5.29. The van der Waals surface area contributed by atoms with E-state index < -0.39 is 6.10 Å². The molecule has 1 aromatic carbocycles. The van der Waals surface area contributed by atoms with Gasteiger partial charge in [0.15, 0.2) is 11.6 Å². The zero-order valence-electron chi connectivity index (χ0n) is 10.6. The number of hydrogen-bond donors (Lipinski definition) is 1. The molecule has 0 amide bonds. The van der Waals surface area contributed by atoms with Crippen LogP contribution in [0.1, 0.15) is 24.8 Å². The SMILES string of the molecule is COc1ccc(CC(O)CC2CCCO2)cc1F. The molecule has 1 saturated heterocycles. The molecule has 1 heterocycles. The van der Waals surface area contributed by atoms with Crippen molar-refractivity contribution in [3.63, 3.8) is 0 Å². The molecule has 0 saturated carbocycles. The number of aliphatic hydroxyl groups is 1. The van der Waals surface area contributed by atoms with E-state index in [4.69, 9.17) is 9.47 Å². The van der Waals surface area contributed by atoms with Gasteiger partial charge >= 0.3 is 0 Å². The fourth-order valence-corrected chi connectivity index (χ4v) is 2.33. The average Bonchev–Trinajstić information content (AvgIpc) is 2.82. The summed E-state index contributed by atoms with van der Waals surface area (Å²) < 4.78 is 23.8. The van der Waals surface area contributed by atoms with Crippen molar-refractivity contribution in [3.05, 3.63) is 29.6 Å². The summed E-state index contributed by atoms with van der Waals surface area (Å²) in [6.45, 7) is 0.786. The minimum Gasteiger partial charge on any atom is -0.494 e. The van der Waals surface area contributed by atoms with Crippen LogP contribution in [0.2, 0.25) is 0 Å². The van der Waals surface area contributed by atoms with Gasteiger partial charge in [-0.15, -0.1) is 0 Å². The molecule has 0 bridgehead atoms. The Morgan fingerprint density at radius 1 is 1.56 bits per heavy atom. The van der Waals surface area contributed by atoms with E-state index in [2.05, 4.69) is 0 Å². The maximum absolute atomic E-state index is 13.5. The Labute approximate surface area is 107 Å². The summed E-state index contributed by atoms with van der Waals surface area (Å²) in [6.07, 6.45) is 2.81. The van der Waals surface area contributed by atoms with E-state index in [0.29, 0.717) is 12.8 Å². The summed E-state index contributed by atoms with van der Waals surface area (Å²) in [4.78, 5) is 0. The quantitative estimate of drug-likeness (QED) is 0.876. The van der Waals surface area contributed by atoms with Crippen molar-refractivity contribution in [1.82, 2.24) is 0 Å². The Kier molecular flexibility index (Phi) is 4.55. The Balaban J connectivity index is 1.89. The Bertz CT molecular complexity index is 389. The molecular formula is C14H19FO3. The molecular weight excluding hydrogens is 235 g/mol. The monoisotopic (exact) mass is 254 g/mol. The van der Waals surface area contributed by atoms with Crippen molar-refractivity contribution < 1.29 is 19.0 Å². The lowest BCUT2D eigenvalue weighted by Gasteiger charge is -2.15. The normalized spacial score (nSPS) is 20.9. The molecule has 0 spiro atoms. The van der Waals surface area contributed by atoms with E-state index >= 15 is 0 Å². The third kappa shape index (κ3) is 3.43. The molecule has 18 heavy (non-hydrogen) atoms. The first-order valence-corrected chi connectivity index (χ1v) is 6.31. The maximum atomic E-state index is 13.5. The molecule has 0 aliphatic carbocycles. The summed E-state index contributed by atoms with van der Waals surface area (Å²) in [7, 11) is 1.43. The van der Waals surface area contributed by atoms with Crippen LogP contribution in [0.5, 0.6) is 5.75 Å². The molecule has 0 radical (unpaired) electrons. The van der Waals surface area contributed by atoms with E-state index in [0.717, 1.165) is 25.0 Å². The second-order valence-corrected chi connectivity index (χ2v) is 4.70. The van der Waals surface area contributed by atoms with Gasteiger partial charge in [0.1, 0.15) is 0 Å². The molecule has 100 valence electrons. The van der Waals surface area contributed by atoms with Crippen molar-refractivity contribution in [2.24, 2.45) is 0 Å². The van der Waals surface area contributed by atoms with Gasteiger partial charge in [0.25, 0.3) is 0 Å². The van der Waals surface area contributed by atoms with Gasteiger partial charge in [0, 0.05) is 6.61 Å². The minimum absolute atomic E-state index is 0.156. The highest BCUT2D eigenvalue weighted by Gasteiger charge is 2.19. The van der Waals surface area contributed by atoms with Crippen LogP contribution in [-0.2, 0) is 11.2 Å². The van der Waals surface area contributed by atoms with Crippen LogP contribution >= 0.6 is 0 Å². The molecule has 3 nitrogen and oxygen atoms in total. The van der Waals surface area contributed by atoms with Crippen molar-refractivity contribution >= 4 is 0 Å². The van der Waals surface area contributed by atoms with E-state index in [-0.39, 0.29) is 17.7 Å². The largest absolute Gasteiger partial charge is 0.494 e. The van der Waals surface area contributed by atoms with Crippen LogP contribution in [0.25, 0.3) is 0 Å². The molecule has 1 aliphatic rings. The predicted molar refractivity (Wildman–Crippen MR) is 66.3 cm³/mol. The number of hydrogen-bond acceptors (Lipinski definition) is 3. The lowest BCUT2D eigenvalue weighted by Crippen LogP contribution is -2.19. The number of halogens is 1. The van der Waals surface area contributed by atoms with Crippen LogP contribution in [0, 0.1) is 5.82 Å². The first-order chi connectivity index (χ1) is 8.69. The molecule has 1 aromatic rings. The van der Waals surface area contributed by atoms with Crippen LogP contribution in [-0.4, -0.2) is 31.0 Å². The van der Waals surface area contributed by atoms with Gasteiger partial charge < -0.3 is 14.6 Å². The van der Waals surface area contributed by atoms with E-state index in [1.165, 1.54) is 13.2 Å². The van der Waals surface area contributed by atoms with E-state index in [9.17, 15) is 9.50 Å². The Morgan fingerprint density at radius 3 is 3.00 bits per heavy atom. The van der Waals surface area contributed by atoms with Gasteiger partial charge in [0.2, 0.25) is 0 Å². The topological polar surface area (TPSA) is 38.7 Å². The van der Waals surface area contributed by atoms with Gasteiger partial charge in [-0.1, -0.05) is 6.07 Å². The zero-order chi connectivity index (χ0) is 13.0. The average molecular weight is 254 g/mol. The molecule has 1 fully saturated rings. The smallest absolute Gasteiger partial charge is 0.165 e. The van der Waals surface area contributed by atoms with Crippen molar-refractivity contribution in [1.29, 1.82) is 0 Å². The fourth-order valence-electron chi connectivity index (χ4n) is 2.33. The van der Waals surface area contributed by atoms with Crippen LogP contribution in [0.3, 0.4) is 0 Å². The van der Waals surface area contributed by atoms with Crippen molar-refractivity contribution in [2.45, 2.75) is 37.9 Å². The minimum atomic E-state index is -0.485. The van der Waals surface area contributed by atoms with E-state index in [1.54, 1.807) is 12.1 Å². The molecule has 2 rings (SSSR count). The number of benzene rings is 1. The van der Waals surface area contributed by atoms with Crippen LogP contribution in [0.15, 0.2) is 18.2 Å².